The molecule has 1 aromatic heterocycles. The first kappa shape index (κ1) is 29.4. The van der Waals surface area contributed by atoms with Gasteiger partial charge in [-0.2, -0.15) is 0 Å². The van der Waals surface area contributed by atoms with Gasteiger partial charge in [0.2, 0.25) is 5.75 Å². The largest absolute Gasteiger partial charge is 0.507 e. The number of nitrogens with zero attached hydrogens (tertiary/aromatic N) is 2. The summed E-state index contributed by atoms with van der Waals surface area (Å²) in [7, 11) is 4.33. The molecule has 1 unspecified atom stereocenters. The Balaban J connectivity index is 1.99. The highest BCUT2D eigenvalue weighted by Crippen LogP contribution is 2.48. The van der Waals surface area contributed by atoms with Crippen LogP contribution in [0.3, 0.4) is 0 Å². The summed E-state index contributed by atoms with van der Waals surface area (Å²) in [5.74, 6) is -1.56. The topological polar surface area (TPSA) is 134 Å². The molecule has 1 amide bonds. The number of carbonyl (C=O) groups excluding carboxylic acids is 3. The summed E-state index contributed by atoms with van der Waals surface area (Å²) in [4.78, 5) is 45.6. The quantitative estimate of drug-likeness (QED) is 0.155. The van der Waals surface area contributed by atoms with Gasteiger partial charge in [-0.05, 0) is 50.6 Å². The van der Waals surface area contributed by atoms with Crippen molar-refractivity contribution in [2.75, 3.05) is 39.4 Å². The van der Waals surface area contributed by atoms with Crippen LogP contribution < -0.4 is 23.8 Å². The van der Waals surface area contributed by atoms with Crippen LogP contribution >= 0.6 is 11.3 Å². The molecule has 41 heavy (non-hydrogen) atoms. The number of aliphatic hydroxyl groups excluding tert-OH is 1. The second kappa shape index (κ2) is 12.3. The number of anilines is 1. The maximum Gasteiger partial charge on any atom is 0.350 e. The summed E-state index contributed by atoms with van der Waals surface area (Å²) >= 11 is 0.911. The van der Waals surface area contributed by atoms with Gasteiger partial charge in [-0.25, -0.2) is 9.78 Å². The lowest BCUT2D eigenvalue weighted by molar-refractivity contribution is -0.132. The van der Waals surface area contributed by atoms with E-state index in [1.807, 2.05) is 6.92 Å². The van der Waals surface area contributed by atoms with Crippen LogP contribution in [-0.2, 0) is 14.3 Å². The molecular formula is C29H30N2O9S. The van der Waals surface area contributed by atoms with Crippen molar-refractivity contribution in [1.29, 1.82) is 0 Å². The van der Waals surface area contributed by atoms with Crippen LogP contribution in [0, 0.1) is 6.92 Å². The van der Waals surface area contributed by atoms with Crippen molar-refractivity contribution in [2.24, 2.45) is 0 Å². The predicted octanol–water partition coefficient (Wildman–Crippen LogP) is 4.68. The van der Waals surface area contributed by atoms with Gasteiger partial charge in [0.1, 0.15) is 16.4 Å². The van der Waals surface area contributed by atoms with E-state index in [1.54, 1.807) is 50.2 Å². The van der Waals surface area contributed by atoms with Crippen LogP contribution in [-0.4, -0.2) is 62.3 Å². The highest BCUT2D eigenvalue weighted by molar-refractivity contribution is 7.17. The van der Waals surface area contributed by atoms with Gasteiger partial charge in [0, 0.05) is 5.56 Å². The number of thiazole rings is 1. The van der Waals surface area contributed by atoms with Gasteiger partial charge in [0.15, 0.2) is 16.6 Å². The van der Waals surface area contributed by atoms with Gasteiger partial charge in [-0.3, -0.25) is 14.5 Å². The standard InChI is InChI=1S/C29H30N2O9S/c1-7-39-18-11-9-10-16(12-18)23(32)21-22(17-13-19(36-4)25(38-6)20(14-17)37-5)31(27(34)24(21)33)29-30-15(3)26(41-29)28(35)40-8-2/h9-14,22,32H,7-8H2,1-6H3/b23-21+. The molecule has 1 aliphatic rings. The molecule has 2 heterocycles. The number of aromatic nitrogens is 1. The molecule has 12 heteroatoms. The lowest BCUT2D eigenvalue weighted by Gasteiger charge is -2.24. The van der Waals surface area contributed by atoms with Crippen molar-refractivity contribution < 1.29 is 43.2 Å². The number of amides is 1. The van der Waals surface area contributed by atoms with Crippen LogP contribution in [0.4, 0.5) is 5.13 Å². The van der Waals surface area contributed by atoms with Gasteiger partial charge < -0.3 is 28.8 Å². The van der Waals surface area contributed by atoms with Crippen molar-refractivity contribution in [1.82, 2.24) is 4.98 Å². The number of rotatable bonds is 10. The molecule has 1 N–H and O–H groups in total. The number of hydrogen-bond donors (Lipinski definition) is 1. The molecule has 1 aliphatic heterocycles. The van der Waals surface area contributed by atoms with Crippen molar-refractivity contribution in [3.8, 4) is 23.0 Å². The number of aryl methyl sites for hydroxylation is 1. The fraction of sp³-hybridized carbons (Fsp3) is 0.310. The van der Waals surface area contributed by atoms with Crippen LogP contribution in [0.25, 0.3) is 5.76 Å². The van der Waals surface area contributed by atoms with Crippen molar-refractivity contribution in [3.63, 3.8) is 0 Å². The fourth-order valence-electron chi connectivity index (χ4n) is 4.53. The van der Waals surface area contributed by atoms with E-state index >= 15 is 0 Å². The molecule has 1 atom stereocenters. The van der Waals surface area contributed by atoms with Crippen LogP contribution in [0.5, 0.6) is 23.0 Å². The summed E-state index contributed by atoms with van der Waals surface area (Å²) in [6.07, 6.45) is 0. The first-order valence-electron chi connectivity index (χ1n) is 12.7. The minimum Gasteiger partial charge on any atom is -0.507 e. The lowest BCUT2D eigenvalue weighted by Crippen LogP contribution is -2.29. The Morgan fingerprint density at radius 3 is 2.29 bits per heavy atom. The monoisotopic (exact) mass is 582 g/mol. The minimum atomic E-state index is -1.17. The summed E-state index contributed by atoms with van der Waals surface area (Å²) in [6, 6.07) is 8.56. The summed E-state index contributed by atoms with van der Waals surface area (Å²) in [5, 5.41) is 11.6. The van der Waals surface area contributed by atoms with Crippen LogP contribution in [0.1, 0.15) is 46.4 Å². The molecule has 0 saturated carbocycles. The van der Waals surface area contributed by atoms with E-state index in [0.29, 0.717) is 29.4 Å². The molecule has 2 aromatic carbocycles. The molecule has 0 aliphatic carbocycles. The molecule has 1 saturated heterocycles. The van der Waals surface area contributed by atoms with E-state index in [0.717, 1.165) is 16.2 Å². The van der Waals surface area contributed by atoms with Crippen molar-refractivity contribution >= 4 is 39.9 Å². The number of aliphatic hydroxyl groups is 1. The van der Waals surface area contributed by atoms with Crippen molar-refractivity contribution in [2.45, 2.75) is 26.8 Å². The third kappa shape index (κ3) is 5.42. The predicted molar refractivity (Wildman–Crippen MR) is 151 cm³/mol. The van der Waals surface area contributed by atoms with E-state index in [4.69, 9.17) is 23.7 Å². The third-order valence-electron chi connectivity index (χ3n) is 6.32. The second-order valence-corrected chi connectivity index (χ2v) is 9.70. The SMILES string of the molecule is CCOC(=O)c1sc(N2C(=O)C(=O)/C(=C(/O)c3cccc(OCC)c3)C2c2cc(OC)c(OC)c(OC)c2)nc1C. The average Bonchev–Trinajstić information content (AvgIpc) is 3.48. The number of esters is 1. The molecule has 4 rings (SSSR count). The summed E-state index contributed by atoms with van der Waals surface area (Å²) in [6.45, 7) is 5.66. The van der Waals surface area contributed by atoms with E-state index < -0.39 is 29.5 Å². The first-order valence-corrected chi connectivity index (χ1v) is 13.5. The Labute approximate surface area is 240 Å². The second-order valence-electron chi connectivity index (χ2n) is 8.72. The smallest absolute Gasteiger partial charge is 0.350 e. The average molecular weight is 583 g/mol. The van der Waals surface area contributed by atoms with Gasteiger partial charge in [-0.1, -0.05) is 23.5 Å². The fourth-order valence-corrected chi connectivity index (χ4v) is 5.52. The summed E-state index contributed by atoms with van der Waals surface area (Å²) < 4.78 is 27.2. The Morgan fingerprint density at radius 2 is 1.71 bits per heavy atom. The number of hydrogen-bond acceptors (Lipinski definition) is 11. The van der Waals surface area contributed by atoms with E-state index in [2.05, 4.69) is 4.98 Å². The number of ketones is 1. The van der Waals surface area contributed by atoms with E-state index in [1.165, 1.54) is 21.3 Å². The molecule has 3 aromatic rings. The van der Waals surface area contributed by atoms with E-state index in [9.17, 15) is 19.5 Å². The highest BCUT2D eigenvalue weighted by Gasteiger charge is 2.49. The Hall–Kier alpha value is -4.58. The highest BCUT2D eigenvalue weighted by atomic mass is 32.1. The van der Waals surface area contributed by atoms with Crippen molar-refractivity contribution in [3.05, 3.63) is 63.7 Å². The molecule has 1 fully saturated rings. The Bertz CT molecular complexity index is 1500. The van der Waals surface area contributed by atoms with Crippen LogP contribution in [0.2, 0.25) is 0 Å². The number of Topliss-reactive ketones (excluding diaryl/α,β-unsaturated/α-hetero) is 1. The van der Waals surface area contributed by atoms with Gasteiger partial charge in [0.25, 0.3) is 5.78 Å². The van der Waals surface area contributed by atoms with Gasteiger partial charge in [-0.15, -0.1) is 0 Å². The molecule has 0 spiro atoms. The van der Waals surface area contributed by atoms with Crippen LogP contribution in [0.15, 0.2) is 42.0 Å². The molecule has 11 nitrogen and oxygen atoms in total. The zero-order chi connectivity index (χ0) is 29.8. The minimum absolute atomic E-state index is 0.0773. The lowest BCUT2D eigenvalue weighted by atomic mass is 9.94. The number of methoxy groups -OCH3 is 3. The normalized spacial score (nSPS) is 16.0. The summed E-state index contributed by atoms with van der Waals surface area (Å²) in [5.41, 5.74) is 0.780. The zero-order valence-corrected chi connectivity index (χ0v) is 24.3. The zero-order valence-electron chi connectivity index (χ0n) is 23.5. The Morgan fingerprint density at radius 1 is 1.02 bits per heavy atom. The molecule has 0 bridgehead atoms. The molecule has 216 valence electrons. The number of ether oxygens (including phenoxy) is 5. The van der Waals surface area contributed by atoms with Gasteiger partial charge >= 0.3 is 11.9 Å². The number of carbonyl (C=O) groups is 3. The van der Waals surface area contributed by atoms with E-state index in [-0.39, 0.29) is 39.3 Å². The maximum atomic E-state index is 13.6. The Kier molecular flexibility index (Phi) is 8.82. The number of benzene rings is 2. The molecule has 0 radical (unpaired) electrons. The molecular weight excluding hydrogens is 552 g/mol. The maximum absolute atomic E-state index is 13.6. The third-order valence-corrected chi connectivity index (χ3v) is 7.45. The van der Waals surface area contributed by atoms with Gasteiger partial charge in [0.05, 0.1) is 51.9 Å². The first-order chi connectivity index (χ1) is 19.7.